The number of ether oxygens (including phenoxy) is 2. The largest absolute Gasteiger partial charge is 0.491 e. The fraction of sp³-hybridized carbons (Fsp3) is 0.581. The van der Waals surface area contributed by atoms with Crippen molar-refractivity contribution in [3.8, 4) is 22.6 Å². The lowest BCUT2D eigenvalue weighted by molar-refractivity contribution is -0.140. The summed E-state index contributed by atoms with van der Waals surface area (Å²) in [7, 11) is 0. The van der Waals surface area contributed by atoms with Gasteiger partial charge in [-0.05, 0) is 73.4 Å². The van der Waals surface area contributed by atoms with E-state index in [2.05, 4.69) is 13.8 Å². The van der Waals surface area contributed by atoms with Crippen LogP contribution in [0.25, 0.3) is 11.1 Å². The van der Waals surface area contributed by atoms with Crippen molar-refractivity contribution in [3.05, 3.63) is 48.3 Å². The number of carbonyl (C=O) groups is 1. The Morgan fingerprint density at radius 2 is 1.49 bits per heavy atom. The Hall–Kier alpha value is -2.36. The maximum absolute atomic E-state index is 14.6. The molecule has 0 atom stereocenters. The second kappa shape index (κ2) is 14.9. The minimum Gasteiger partial charge on any atom is -0.491 e. The van der Waals surface area contributed by atoms with Crippen molar-refractivity contribution in [2.45, 2.75) is 97.3 Å². The molecule has 0 N–H and O–H groups in total. The topological polar surface area (TPSA) is 35.5 Å². The molecule has 1 aliphatic rings. The van der Waals surface area contributed by atoms with Gasteiger partial charge in [0.05, 0.1) is 12.5 Å². The van der Waals surface area contributed by atoms with Crippen LogP contribution in [0.5, 0.6) is 11.5 Å². The zero-order valence-electron chi connectivity index (χ0n) is 21.7. The predicted octanol–water partition coefficient (Wildman–Crippen LogP) is 9.13. The molecule has 2 aromatic rings. The Labute approximate surface area is 211 Å². The SMILES string of the molecule is CCCCCCCCOc1ccc(-c2ccc(OC(=O)C3CCC(CCCC)CC3)cc2)cc1F. The average molecular weight is 483 g/mol. The quantitative estimate of drug-likeness (QED) is 0.153. The molecule has 0 saturated heterocycles. The van der Waals surface area contributed by atoms with Gasteiger partial charge in [-0.2, -0.15) is 0 Å². The van der Waals surface area contributed by atoms with E-state index < -0.39 is 0 Å². The zero-order valence-corrected chi connectivity index (χ0v) is 21.7. The summed E-state index contributed by atoms with van der Waals surface area (Å²) < 4.78 is 25.9. The number of halogens is 1. The second-order valence-electron chi connectivity index (χ2n) is 10.1. The van der Waals surface area contributed by atoms with Crippen molar-refractivity contribution in [1.82, 2.24) is 0 Å². The first-order valence-corrected chi connectivity index (χ1v) is 13.8. The second-order valence-corrected chi connectivity index (χ2v) is 10.1. The van der Waals surface area contributed by atoms with Crippen LogP contribution in [-0.4, -0.2) is 12.6 Å². The first kappa shape index (κ1) is 27.2. The van der Waals surface area contributed by atoms with Gasteiger partial charge in [0, 0.05) is 0 Å². The molecule has 0 heterocycles. The van der Waals surface area contributed by atoms with Gasteiger partial charge in [-0.15, -0.1) is 0 Å². The van der Waals surface area contributed by atoms with Crippen molar-refractivity contribution in [2.75, 3.05) is 6.61 Å². The molecular weight excluding hydrogens is 439 g/mol. The lowest BCUT2D eigenvalue weighted by Crippen LogP contribution is -2.25. The summed E-state index contributed by atoms with van der Waals surface area (Å²) in [6, 6.07) is 12.4. The maximum Gasteiger partial charge on any atom is 0.314 e. The molecule has 1 fully saturated rings. The van der Waals surface area contributed by atoms with Crippen LogP contribution in [0, 0.1) is 17.7 Å². The summed E-state index contributed by atoms with van der Waals surface area (Å²) in [6.45, 7) is 4.98. The van der Waals surface area contributed by atoms with Crippen molar-refractivity contribution in [1.29, 1.82) is 0 Å². The minimum absolute atomic E-state index is 0.00512. The van der Waals surface area contributed by atoms with E-state index >= 15 is 0 Å². The molecule has 0 radical (unpaired) electrons. The third kappa shape index (κ3) is 8.98. The van der Waals surface area contributed by atoms with E-state index in [-0.39, 0.29) is 17.7 Å². The third-order valence-electron chi connectivity index (χ3n) is 7.24. The predicted molar refractivity (Wildman–Crippen MR) is 141 cm³/mol. The lowest BCUT2D eigenvalue weighted by Gasteiger charge is -2.27. The minimum atomic E-state index is -0.349. The van der Waals surface area contributed by atoms with Crippen LogP contribution in [0.4, 0.5) is 4.39 Å². The standard InChI is InChI=1S/C31H43FO3/c1-3-5-7-8-9-10-22-34-30-21-18-27(23-29(30)32)25-16-19-28(20-17-25)35-31(33)26-14-12-24(13-15-26)11-6-4-2/h16-21,23-24,26H,3-15,22H2,1-2H3. The Kier molecular flexibility index (Phi) is 11.6. The van der Waals surface area contributed by atoms with Gasteiger partial charge < -0.3 is 9.47 Å². The number of hydrogen-bond donors (Lipinski definition) is 0. The smallest absolute Gasteiger partial charge is 0.314 e. The molecule has 2 aromatic carbocycles. The number of hydrogen-bond acceptors (Lipinski definition) is 3. The first-order chi connectivity index (χ1) is 17.1. The van der Waals surface area contributed by atoms with Crippen LogP contribution in [0.2, 0.25) is 0 Å². The van der Waals surface area contributed by atoms with Gasteiger partial charge in [0.1, 0.15) is 5.75 Å². The van der Waals surface area contributed by atoms with Crippen LogP contribution in [0.3, 0.4) is 0 Å². The molecule has 192 valence electrons. The monoisotopic (exact) mass is 482 g/mol. The molecule has 0 amide bonds. The van der Waals surface area contributed by atoms with Crippen molar-refractivity contribution < 1.29 is 18.7 Å². The van der Waals surface area contributed by atoms with E-state index in [1.54, 1.807) is 18.2 Å². The van der Waals surface area contributed by atoms with Gasteiger partial charge in [0.2, 0.25) is 0 Å². The molecule has 0 aliphatic heterocycles. The molecule has 3 nitrogen and oxygen atoms in total. The number of carbonyl (C=O) groups excluding carboxylic acids is 1. The fourth-order valence-electron chi connectivity index (χ4n) is 4.96. The van der Waals surface area contributed by atoms with Crippen molar-refractivity contribution in [3.63, 3.8) is 0 Å². The Morgan fingerprint density at radius 1 is 0.829 bits per heavy atom. The van der Waals surface area contributed by atoms with Gasteiger partial charge in [0.15, 0.2) is 11.6 Å². The van der Waals surface area contributed by atoms with Crippen LogP contribution < -0.4 is 9.47 Å². The van der Waals surface area contributed by atoms with E-state index in [1.165, 1.54) is 51.0 Å². The summed E-state index contributed by atoms with van der Waals surface area (Å²) in [5.74, 6) is 1.16. The van der Waals surface area contributed by atoms with Gasteiger partial charge in [-0.25, -0.2) is 4.39 Å². The fourth-order valence-corrected chi connectivity index (χ4v) is 4.96. The summed E-state index contributed by atoms with van der Waals surface area (Å²) in [4.78, 5) is 12.6. The summed E-state index contributed by atoms with van der Waals surface area (Å²) in [5.41, 5.74) is 1.65. The van der Waals surface area contributed by atoms with E-state index in [1.807, 2.05) is 18.2 Å². The third-order valence-corrected chi connectivity index (χ3v) is 7.24. The maximum atomic E-state index is 14.6. The summed E-state index contributed by atoms with van der Waals surface area (Å²) in [5, 5.41) is 0. The molecule has 0 unspecified atom stereocenters. The molecule has 4 heteroatoms. The van der Waals surface area contributed by atoms with Crippen LogP contribution >= 0.6 is 0 Å². The van der Waals surface area contributed by atoms with Crippen LogP contribution in [0.15, 0.2) is 42.5 Å². The average Bonchev–Trinajstić information content (AvgIpc) is 2.88. The number of esters is 1. The zero-order chi connectivity index (χ0) is 24.9. The van der Waals surface area contributed by atoms with Gasteiger partial charge in [-0.1, -0.05) is 83.4 Å². The van der Waals surface area contributed by atoms with Crippen molar-refractivity contribution >= 4 is 5.97 Å². The number of benzene rings is 2. The van der Waals surface area contributed by atoms with Crippen LogP contribution in [0.1, 0.15) is 97.3 Å². The van der Waals surface area contributed by atoms with E-state index in [0.717, 1.165) is 55.6 Å². The normalized spacial score (nSPS) is 17.8. The van der Waals surface area contributed by atoms with E-state index in [0.29, 0.717) is 18.1 Å². The summed E-state index contributed by atoms with van der Waals surface area (Å²) >= 11 is 0. The Morgan fingerprint density at radius 3 is 2.17 bits per heavy atom. The highest BCUT2D eigenvalue weighted by Crippen LogP contribution is 2.33. The molecule has 0 bridgehead atoms. The molecule has 0 aromatic heterocycles. The van der Waals surface area contributed by atoms with Gasteiger partial charge >= 0.3 is 5.97 Å². The molecule has 1 saturated carbocycles. The molecular formula is C31H43FO3. The van der Waals surface area contributed by atoms with Crippen LogP contribution in [-0.2, 0) is 4.79 Å². The van der Waals surface area contributed by atoms with Crippen molar-refractivity contribution in [2.24, 2.45) is 11.8 Å². The van der Waals surface area contributed by atoms with Gasteiger partial charge in [0.25, 0.3) is 0 Å². The highest BCUT2D eigenvalue weighted by atomic mass is 19.1. The highest BCUT2D eigenvalue weighted by Gasteiger charge is 2.27. The Balaban J connectivity index is 1.45. The summed E-state index contributed by atoms with van der Waals surface area (Å²) in [6.07, 6.45) is 15.0. The number of rotatable bonds is 14. The molecule has 35 heavy (non-hydrogen) atoms. The molecule has 1 aliphatic carbocycles. The van der Waals surface area contributed by atoms with E-state index in [9.17, 15) is 9.18 Å². The Bertz CT molecular complexity index is 885. The molecule has 3 rings (SSSR count). The lowest BCUT2D eigenvalue weighted by atomic mass is 9.80. The van der Waals surface area contributed by atoms with E-state index in [4.69, 9.17) is 9.47 Å². The number of unbranched alkanes of at least 4 members (excludes halogenated alkanes) is 6. The highest BCUT2D eigenvalue weighted by molar-refractivity contribution is 5.75. The van der Waals surface area contributed by atoms with Gasteiger partial charge in [-0.3, -0.25) is 4.79 Å². The first-order valence-electron chi connectivity index (χ1n) is 13.8. The molecule has 0 spiro atoms.